The molecule has 3 rings (SSSR count). The molecule has 2 fully saturated rings. The highest BCUT2D eigenvalue weighted by atomic mass is 16.7. The summed E-state index contributed by atoms with van der Waals surface area (Å²) >= 11 is 0. The van der Waals surface area contributed by atoms with Gasteiger partial charge in [-0.3, -0.25) is 0 Å². The van der Waals surface area contributed by atoms with Crippen molar-refractivity contribution in [2.45, 2.75) is 37.6 Å². The number of rotatable bonds is 3. The van der Waals surface area contributed by atoms with Crippen LogP contribution in [0.25, 0.3) is 0 Å². The minimum absolute atomic E-state index is 0.0570. The summed E-state index contributed by atoms with van der Waals surface area (Å²) in [5, 5.41) is 0. The molecule has 0 amide bonds. The molecule has 4 atom stereocenters. The third-order valence-electron chi connectivity index (χ3n) is 3.51. The van der Waals surface area contributed by atoms with Gasteiger partial charge in [0.15, 0.2) is 12.6 Å². The van der Waals surface area contributed by atoms with Gasteiger partial charge in [-0.1, -0.05) is 42.6 Å². The van der Waals surface area contributed by atoms with Gasteiger partial charge < -0.3 is 18.9 Å². The first-order valence-corrected chi connectivity index (χ1v) is 6.84. The maximum Gasteiger partial charge on any atom is 0.200 e. The minimum atomic E-state index is -0.299. The Morgan fingerprint density at radius 2 is 2.00 bits per heavy atom. The van der Waals surface area contributed by atoms with Crippen LogP contribution in [0.1, 0.15) is 24.7 Å². The molecule has 0 N–H and O–H groups in total. The summed E-state index contributed by atoms with van der Waals surface area (Å²) in [4.78, 5) is 0. The summed E-state index contributed by atoms with van der Waals surface area (Å²) in [6.07, 6.45) is 2.54. The van der Waals surface area contributed by atoms with E-state index in [0.717, 1.165) is 18.4 Å². The molecule has 2 aliphatic heterocycles. The molecule has 0 aromatic heterocycles. The average molecular weight is 274 g/mol. The first kappa shape index (κ1) is 13.4. The zero-order valence-electron chi connectivity index (χ0n) is 11.2. The van der Waals surface area contributed by atoms with Crippen LogP contribution in [0.2, 0.25) is 0 Å². The third kappa shape index (κ3) is 2.94. The SMILES string of the molecule is C=C=CO[C@@H]1CC[C@@H]2O[C@H](c3ccccc3)OC[C@H]2O1. The van der Waals surface area contributed by atoms with Crippen LogP contribution in [0, 0.1) is 0 Å². The predicted octanol–water partition coefficient (Wildman–Crippen LogP) is 2.92. The van der Waals surface area contributed by atoms with Crippen LogP contribution in [0.3, 0.4) is 0 Å². The fraction of sp³-hybridized carbons (Fsp3) is 0.438. The smallest absolute Gasteiger partial charge is 0.200 e. The highest BCUT2D eigenvalue weighted by Gasteiger charge is 2.38. The first-order chi connectivity index (χ1) is 9.86. The Labute approximate surface area is 118 Å². The standard InChI is InChI=1S/C16H18O4/c1-2-10-17-15-9-8-13-14(19-15)11-18-16(20-13)12-6-4-3-5-7-12/h3-7,10,13-16H,1,8-9,11H2/t13-,14+,15-,16+/m0/s1. The largest absolute Gasteiger partial charge is 0.464 e. The number of benzene rings is 1. The van der Waals surface area contributed by atoms with Crippen molar-refractivity contribution in [3.05, 3.63) is 54.5 Å². The molecule has 0 saturated carbocycles. The van der Waals surface area contributed by atoms with E-state index >= 15 is 0 Å². The van der Waals surface area contributed by atoms with E-state index in [-0.39, 0.29) is 24.8 Å². The Bertz CT molecular complexity index is 481. The van der Waals surface area contributed by atoms with E-state index in [2.05, 4.69) is 12.3 Å². The van der Waals surface area contributed by atoms with E-state index < -0.39 is 0 Å². The summed E-state index contributed by atoms with van der Waals surface area (Å²) in [5.74, 6) is 0. The van der Waals surface area contributed by atoms with Crippen LogP contribution in [-0.2, 0) is 18.9 Å². The number of hydrogen-bond donors (Lipinski definition) is 0. The summed E-state index contributed by atoms with van der Waals surface area (Å²) < 4.78 is 22.9. The van der Waals surface area contributed by atoms with Gasteiger partial charge >= 0.3 is 0 Å². The summed E-state index contributed by atoms with van der Waals surface area (Å²) in [6, 6.07) is 9.97. The Hall–Kier alpha value is -1.58. The van der Waals surface area contributed by atoms with Gasteiger partial charge in [0.05, 0.1) is 12.7 Å². The monoisotopic (exact) mass is 274 g/mol. The molecule has 2 saturated heterocycles. The lowest BCUT2D eigenvalue weighted by Crippen LogP contribution is -2.48. The third-order valence-corrected chi connectivity index (χ3v) is 3.51. The van der Waals surface area contributed by atoms with Gasteiger partial charge in [0.1, 0.15) is 12.4 Å². The topological polar surface area (TPSA) is 36.9 Å². The van der Waals surface area contributed by atoms with Gasteiger partial charge in [0.25, 0.3) is 0 Å². The number of hydrogen-bond acceptors (Lipinski definition) is 4. The Morgan fingerprint density at radius 3 is 2.80 bits per heavy atom. The molecule has 106 valence electrons. The van der Waals surface area contributed by atoms with Gasteiger partial charge in [-0.15, -0.1) is 0 Å². The van der Waals surface area contributed by atoms with Crippen molar-refractivity contribution >= 4 is 0 Å². The highest BCUT2D eigenvalue weighted by molar-refractivity contribution is 5.16. The maximum absolute atomic E-state index is 5.99. The minimum Gasteiger partial charge on any atom is -0.464 e. The molecular weight excluding hydrogens is 256 g/mol. The Morgan fingerprint density at radius 1 is 1.15 bits per heavy atom. The van der Waals surface area contributed by atoms with Gasteiger partial charge in [-0.2, -0.15) is 0 Å². The van der Waals surface area contributed by atoms with Crippen LogP contribution in [0.15, 0.2) is 48.9 Å². The summed E-state index contributed by atoms with van der Waals surface area (Å²) in [7, 11) is 0. The molecule has 1 aromatic rings. The van der Waals surface area contributed by atoms with E-state index in [9.17, 15) is 0 Å². The molecule has 0 aliphatic carbocycles. The van der Waals surface area contributed by atoms with Crippen LogP contribution in [0.5, 0.6) is 0 Å². The van der Waals surface area contributed by atoms with Crippen molar-refractivity contribution in [2.24, 2.45) is 0 Å². The predicted molar refractivity (Wildman–Crippen MR) is 72.7 cm³/mol. The van der Waals surface area contributed by atoms with E-state index in [1.165, 1.54) is 6.26 Å². The summed E-state index contributed by atoms with van der Waals surface area (Å²) in [6.45, 7) is 3.98. The van der Waals surface area contributed by atoms with Crippen molar-refractivity contribution in [2.75, 3.05) is 6.61 Å². The highest BCUT2D eigenvalue weighted by Crippen LogP contribution is 2.33. The lowest BCUT2D eigenvalue weighted by Gasteiger charge is -2.41. The molecule has 2 aliphatic rings. The zero-order valence-corrected chi connectivity index (χ0v) is 11.2. The van der Waals surface area contributed by atoms with Crippen molar-refractivity contribution in [3.63, 3.8) is 0 Å². The van der Waals surface area contributed by atoms with Crippen LogP contribution >= 0.6 is 0 Å². The molecule has 0 spiro atoms. The molecule has 0 radical (unpaired) electrons. The van der Waals surface area contributed by atoms with Gasteiger partial charge in [0, 0.05) is 12.0 Å². The number of ether oxygens (including phenoxy) is 4. The summed E-state index contributed by atoms with van der Waals surface area (Å²) in [5.41, 5.74) is 3.62. The fourth-order valence-electron chi connectivity index (χ4n) is 2.53. The van der Waals surface area contributed by atoms with Gasteiger partial charge in [0.2, 0.25) is 0 Å². The lowest BCUT2D eigenvalue weighted by molar-refractivity contribution is -0.310. The van der Waals surface area contributed by atoms with Crippen molar-refractivity contribution < 1.29 is 18.9 Å². The Kier molecular flexibility index (Phi) is 4.19. The van der Waals surface area contributed by atoms with Gasteiger partial charge in [-0.25, -0.2) is 0 Å². The van der Waals surface area contributed by atoms with Crippen LogP contribution in [-0.4, -0.2) is 25.1 Å². The van der Waals surface area contributed by atoms with Crippen molar-refractivity contribution in [3.8, 4) is 0 Å². The molecule has 0 bridgehead atoms. The normalized spacial score (nSPS) is 32.8. The molecule has 1 aromatic carbocycles. The maximum atomic E-state index is 5.99. The van der Waals surface area contributed by atoms with E-state index in [1.807, 2.05) is 30.3 Å². The molecular formula is C16H18O4. The second kappa shape index (κ2) is 6.25. The lowest BCUT2D eigenvalue weighted by atomic mass is 10.0. The molecule has 20 heavy (non-hydrogen) atoms. The fourth-order valence-corrected chi connectivity index (χ4v) is 2.53. The Balaban J connectivity index is 1.59. The van der Waals surface area contributed by atoms with Crippen molar-refractivity contribution in [1.82, 2.24) is 0 Å². The molecule has 0 unspecified atom stereocenters. The van der Waals surface area contributed by atoms with Crippen molar-refractivity contribution in [1.29, 1.82) is 0 Å². The van der Waals surface area contributed by atoms with Crippen LogP contribution in [0.4, 0.5) is 0 Å². The van der Waals surface area contributed by atoms with E-state index in [0.29, 0.717) is 6.61 Å². The quantitative estimate of drug-likeness (QED) is 0.627. The van der Waals surface area contributed by atoms with Gasteiger partial charge in [-0.05, 0) is 6.42 Å². The second-order valence-corrected chi connectivity index (χ2v) is 4.89. The first-order valence-electron chi connectivity index (χ1n) is 6.84. The van der Waals surface area contributed by atoms with Crippen LogP contribution < -0.4 is 0 Å². The van der Waals surface area contributed by atoms with E-state index in [1.54, 1.807) is 0 Å². The zero-order chi connectivity index (χ0) is 13.8. The number of fused-ring (bicyclic) bond motifs is 1. The molecule has 4 nitrogen and oxygen atoms in total. The molecule has 2 heterocycles. The average Bonchev–Trinajstić information content (AvgIpc) is 2.53. The molecule has 4 heteroatoms. The van der Waals surface area contributed by atoms with E-state index in [4.69, 9.17) is 18.9 Å². The second-order valence-electron chi connectivity index (χ2n) is 4.89.